The maximum atomic E-state index is 14.8. The van der Waals surface area contributed by atoms with Crippen molar-refractivity contribution in [1.82, 2.24) is 52.2 Å². The number of aromatic amines is 1. The van der Waals surface area contributed by atoms with Gasteiger partial charge in [0.25, 0.3) is 5.91 Å². The molecule has 0 radical (unpaired) electrons. The molecule has 2 bridgehead atoms. The van der Waals surface area contributed by atoms with Crippen molar-refractivity contribution in [3.8, 4) is 16.9 Å². The molecule has 0 spiro atoms. The first kappa shape index (κ1) is 47.0. The molecule has 4 heterocycles. The molecular formula is C53H52N10O6. The molecule has 5 amide bonds. The number of aromatic nitrogens is 5. The summed E-state index contributed by atoms with van der Waals surface area (Å²) in [5, 5.41) is 29.0. The van der Waals surface area contributed by atoms with Crippen LogP contribution in [0.2, 0.25) is 0 Å². The number of nitrogens with zero attached hydrogens (tertiary/aromatic N) is 4. The minimum Gasteiger partial charge on any atom is -0.484 e. The summed E-state index contributed by atoms with van der Waals surface area (Å²) in [6, 6.07) is 41.5. The normalized spacial score (nSPS) is 18.4. The number of tetrazole rings is 1. The molecule has 0 aliphatic carbocycles. The van der Waals surface area contributed by atoms with Crippen LogP contribution in [0.15, 0.2) is 164 Å². The molecule has 0 saturated heterocycles. The van der Waals surface area contributed by atoms with Gasteiger partial charge < -0.3 is 31.3 Å². The zero-order valence-corrected chi connectivity index (χ0v) is 37.7. The molecule has 350 valence electrons. The Bertz CT molecular complexity index is 2770. The molecule has 0 saturated carbocycles. The summed E-state index contributed by atoms with van der Waals surface area (Å²) < 4.78 is 5.86. The average molecular weight is 925 g/mol. The highest BCUT2D eigenvalue weighted by Crippen LogP contribution is 2.21. The van der Waals surface area contributed by atoms with Crippen LogP contribution in [0, 0.1) is 0 Å². The molecule has 2 aliphatic heterocycles. The number of hydrogen-bond acceptors (Lipinski definition) is 10. The van der Waals surface area contributed by atoms with Gasteiger partial charge in [0.15, 0.2) is 12.4 Å². The summed E-state index contributed by atoms with van der Waals surface area (Å²) in [6.07, 6.45) is 4.22. The number of carbonyl (C=O) groups excluding carboxylic acids is 5. The molecule has 2 aromatic heterocycles. The fourth-order valence-corrected chi connectivity index (χ4v) is 8.12. The molecule has 69 heavy (non-hydrogen) atoms. The number of benzene rings is 5. The van der Waals surface area contributed by atoms with Crippen LogP contribution in [0.5, 0.6) is 5.75 Å². The van der Waals surface area contributed by atoms with Crippen molar-refractivity contribution in [2.24, 2.45) is 0 Å². The van der Waals surface area contributed by atoms with Crippen LogP contribution in [-0.4, -0.2) is 85.9 Å². The molecule has 7 aromatic rings. The second-order valence-electron chi connectivity index (χ2n) is 16.8. The third-order valence-corrected chi connectivity index (χ3v) is 11.8. The molecule has 0 fully saturated rings. The maximum Gasteiger partial charge on any atom is 0.258 e. The Kier molecular flexibility index (Phi) is 15.8. The van der Waals surface area contributed by atoms with Gasteiger partial charge in [-0.2, -0.15) is 0 Å². The number of fused-ring (bicyclic) bond motifs is 16. The number of amides is 5. The SMILES string of the molecule is O=C1COc2ccc(cc2)C[C@@H](C(=O)N[C@@H](Cc2ccccc2)c2nnn[nH]2)NC(=O)[C@H](CCc2ccccc2)NC(=O)[C@@H](Cc2ccc(-c3ccccc3)cc2)NC(=O)[C@H](Cc2ccncc2)N1. The number of aryl methyl sites for hydroxylation is 1. The van der Waals surface area contributed by atoms with Crippen LogP contribution in [0.3, 0.4) is 0 Å². The Hall–Kier alpha value is -8.53. The lowest BCUT2D eigenvalue weighted by molar-refractivity contribution is -0.135. The van der Waals surface area contributed by atoms with Crippen LogP contribution in [0.4, 0.5) is 0 Å². The van der Waals surface area contributed by atoms with Crippen molar-refractivity contribution in [2.75, 3.05) is 6.61 Å². The van der Waals surface area contributed by atoms with Gasteiger partial charge in [-0.05, 0) is 86.5 Å². The average Bonchev–Trinajstić information content (AvgIpc) is 3.93. The van der Waals surface area contributed by atoms with E-state index >= 15 is 0 Å². The highest BCUT2D eigenvalue weighted by Gasteiger charge is 2.33. The first-order valence-electron chi connectivity index (χ1n) is 22.8. The van der Waals surface area contributed by atoms with Gasteiger partial charge in [-0.25, -0.2) is 5.10 Å². The van der Waals surface area contributed by atoms with Gasteiger partial charge >= 0.3 is 0 Å². The van der Waals surface area contributed by atoms with Gasteiger partial charge in [-0.3, -0.25) is 29.0 Å². The number of rotatable bonds is 13. The summed E-state index contributed by atoms with van der Waals surface area (Å²) in [6.45, 7) is -0.416. The zero-order valence-electron chi connectivity index (χ0n) is 37.7. The molecular weight excluding hydrogens is 873 g/mol. The highest BCUT2D eigenvalue weighted by atomic mass is 16.5. The second kappa shape index (κ2) is 23.3. The summed E-state index contributed by atoms with van der Waals surface area (Å²) in [4.78, 5) is 76.2. The lowest BCUT2D eigenvalue weighted by Crippen LogP contribution is -2.59. The second-order valence-corrected chi connectivity index (χ2v) is 16.8. The van der Waals surface area contributed by atoms with Crippen molar-refractivity contribution in [2.45, 2.75) is 68.7 Å². The lowest BCUT2D eigenvalue weighted by atomic mass is 9.98. The number of hydrogen-bond donors (Lipinski definition) is 6. The van der Waals surface area contributed by atoms with Gasteiger partial charge in [0.1, 0.15) is 29.9 Å². The number of H-pyrrole nitrogens is 1. The van der Waals surface area contributed by atoms with Crippen molar-refractivity contribution < 1.29 is 28.7 Å². The van der Waals surface area contributed by atoms with E-state index in [2.05, 4.69) is 52.2 Å². The molecule has 16 heteroatoms. The Morgan fingerprint density at radius 1 is 0.609 bits per heavy atom. The van der Waals surface area contributed by atoms with Crippen molar-refractivity contribution in [3.05, 3.63) is 198 Å². The van der Waals surface area contributed by atoms with E-state index in [0.717, 1.165) is 33.4 Å². The van der Waals surface area contributed by atoms with E-state index in [-0.39, 0.29) is 25.7 Å². The minimum absolute atomic E-state index is 0.0387. The Labute approximate surface area is 399 Å². The number of carbonyl (C=O) groups is 5. The van der Waals surface area contributed by atoms with E-state index in [4.69, 9.17) is 4.74 Å². The molecule has 9 rings (SSSR count). The minimum atomic E-state index is -1.22. The van der Waals surface area contributed by atoms with Crippen molar-refractivity contribution in [3.63, 3.8) is 0 Å². The van der Waals surface area contributed by atoms with Gasteiger partial charge in [0.05, 0.1) is 6.04 Å². The standard InChI is InChI=1S/C53H52N10O6/c64-48-34-69-42-23-18-38(19-24-42)32-47(53(68)57-44(49-60-62-63-61-49)30-36-12-6-2-7-13-36)58-50(65)43(25-20-35-10-4-1-5-11-35)56-52(67)46(59-51(66)45(55-48)33-39-26-28-54-29-27-39)31-37-16-21-41(22-17-37)40-14-8-3-9-15-40/h1-19,21-24,26-29,43-47H,20,25,30-34H2,(H,55,64)(H,56,67)(H,57,68)(H,58,65)(H,59,66)(H,60,61,62,63)/t43-,44-,45-,46+,47-/m0/s1. The lowest BCUT2D eigenvalue weighted by Gasteiger charge is -2.27. The first-order valence-corrected chi connectivity index (χ1v) is 22.8. The third-order valence-electron chi connectivity index (χ3n) is 11.8. The number of nitrogens with one attached hydrogen (secondary N) is 6. The fraction of sp³-hybridized carbons (Fsp3) is 0.226. The smallest absolute Gasteiger partial charge is 0.258 e. The van der Waals surface area contributed by atoms with Crippen molar-refractivity contribution >= 4 is 29.5 Å². The summed E-state index contributed by atoms with van der Waals surface area (Å²) >= 11 is 0. The van der Waals surface area contributed by atoms with Crippen LogP contribution in [-0.2, 0) is 56.1 Å². The topological polar surface area (TPSA) is 222 Å². The van der Waals surface area contributed by atoms with E-state index in [9.17, 15) is 24.0 Å². The van der Waals surface area contributed by atoms with E-state index in [1.165, 1.54) is 0 Å². The Balaban J connectivity index is 1.13. The van der Waals surface area contributed by atoms with Gasteiger partial charge in [0.2, 0.25) is 23.6 Å². The van der Waals surface area contributed by atoms with Crippen LogP contribution in [0.1, 0.15) is 46.1 Å². The predicted octanol–water partition coefficient (Wildman–Crippen LogP) is 4.35. The van der Waals surface area contributed by atoms with E-state index < -0.39 is 66.4 Å². The Morgan fingerprint density at radius 2 is 1.19 bits per heavy atom. The third kappa shape index (κ3) is 13.5. The maximum absolute atomic E-state index is 14.8. The van der Waals surface area contributed by atoms with E-state index in [1.54, 1.807) is 48.8 Å². The van der Waals surface area contributed by atoms with Crippen LogP contribution < -0.4 is 31.3 Å². The Morgan fingerprint density at radius 3 is 1.84 bits per heavy atom. The summed E-state index contributed by atoms with van der Waals surface area (Å²) in [5.74, 6) is -2.29. The number of ether oxygens (including phenoxy) is 1. The molecule has 16 nitrogen and oxygen atoms in total. The van der Waals surface area contributed by atoms with E-state index in [0.29, 0.717) is 30.0 Å². The number of pyridine rings is 1. The molecule has 6 N–H and O–H groups in total. The predicted molar refractivity (Wildman–Crippen MR) is 257 cm³/mol. The monoisotopic (exact) mass is 924 g/mol. The molecule has 5 atom stereocenters. The molecule has 0 unspecified atom stereocenters. The molecule has 2 aliphatic rings. The van der Waals surface area contributed by atoms with E-state index in [1.807, 2.05) is 115 Å². The van der Waals surface area contributed by atoms with Gasteiger partial charge in [0, 0.05) is 38.1 Å². The van der Waals surface area contributed by atoms with Crippen LogP contribution >= 0.6 is 0 Å². The van der Waals surface area contributed by atoms with Gasteiger partial charge in [-0.15, -0.1) is 5.10 Å². The fourth-order valence-electron chi connectivity index (χ4n) is 8.12. The van der Waals surface area contributed by atoms with Crippen molar-refractivity contribution in [1.29, 1.82) is 0 Å². The summed E-state index contributed by atoms with van der Waals surface area (Å²) in [7, 11) is 0. The quantitative estimate of drug-likeness (QED) is 0.0898. The largest absolute Gasteiger partial charge is 0.484 e. The summed E-state index contributed by atoms with van der Waals surface area (Å²) in [5.41, 5.74) is 5.93. The zero-order chi connectivity index (χ0) is 47.8. The molecule has 5 aromatic carbocycles. The highest BCUT2D eigenvalue weighted by molar-refractivity contribution is 5.96. The first-order chi connectivity index (χ1) is 33.7. The van der Waals surface area contributed by atoms with Gasteiger partial charge in [-0.1, -0.05) is 127 Å². The van der Waals surface area contributed by atoms with Crippen LogP contribution in [0.25, 0.3) is 11.1 Å².